The minimum absolute atomic E-state index is 0. The molecule has 0 nitrogen and oxygen atoms in total. The van der Waals surface area contributed by atoms with Gasteiger partial charge in [0.1, 0.15) is 0 Å². The Morgan fingerprint density at radius 2 is 1.23 bits per heavy atom. The molecule has 0 bridgehead atoms. The fourth-order valence-electron chi connectivity index (χ4n) is 5.54. The van der Waals surface area contributed by atoms with E-state index >= 15 is 0 Å². The fraction of sp³-hybridized carbons (Fsp3) is 0.370. The smallest absolute Gasteiger partial charge is 1.00 e. The van der Waals surface area contributed by atoms with Crippen LogP contribution in [0.4, 0.5) is 0 Å². The number of rotatable bonds is 2. The summed E-state index contributed by atoms with van der Waals surface area (Å²) in [4.78, 5) is 0. The van der Waals surface area contributed by atoms with E-state index in [0.717, 1.165) is 6.42 Å². The summed E-state index contributed by atoms with van der Waals surface area (Å²) < 4.78 is 4.12. The molecule has 0 saturated heterocycles. The number of hydrogen-bond donors (Lipinski definition) is 0. The molecule has 158 valence electrons. The van der Waals surface area contributed by atoms with Crippen LogP contribution in [0.3, 0.4) is 0 Å². The molecule has 30 heavy (non-hydrogen) atoms. The summed E-state index contributed by atoms with van der Waals surface area (Å²) in [6, 6.07) is 18.3. The summed E-state index contributed by atoms with van der Waals surface area (Å²) in [5.74, 6) is 0. The summed E-state index contributed by atoms with van der Waals surface area (Å²) in [5, 5.41) is 0. The third-order valence-electron chi connectivity index (χ3n) is 6.01. The fourth-order valence-corrected chi connectivity index (χ4v) is 12.3. The van der Waals surface area contributed by atoms with Crippen LogP contribution in [0.2, 0.25) is 0 Å². The first-order valence-corrected chi connectivity index (χ1v) is 13.0. The van der Waals surface area contributed by atoms with Crippen LogP contribution in [0.5, 0.6) is 0 Å². The van der Waals surface area contributed by atoms with Crippen LogP contribution in [-0.2, 0) is 17.4 Å². The van der Waals surface area contributed by atoms with E-state index in [4.69, 9.17) is 0 Å². The summed E-state index contributed by atoms with van der Waals surface area (Å²) in [7, 11) is 0. The zero-order chi connectivity index (χ0) is 20.1. The molecule has 0 N–H and O–H groups in total. The van der Waals surface area contributed by atoms with Crippen molar-refractivity contribution in [3.63, 3.8) is 0 Å². The van der Waals surface area contributed by atoms with Gasteiger partial charge in [-0.3, -0.25) is 0 Å². The van der Waals surface area contributed by atoms with Gasteiger partial charge in [0.15, 0.2) is 0 Å². The molecule has 0 fully saturated rings. The van der Waals surface area contributed by atoms with E-state index in [1.54, 1.807) is 15.0 Å². The largest absolute Gasteiger partial charge is 1.00 e. The molecule has 0 spiro atoms. The second-order valence-electron chi connectivity index (χ2n) is 10.2. The van der Waals surface area contributed by atoms with Gasteiger partial charge in [0, 0.05) is 0 Å². The van der Waals surface area contributed by atoms with E-state index in [0.29, 0.717) is 4.22 Å². The Morgan fingerprint density at radius 1 is 0.767 bits per heavy atom. The van der Waals surface area contributed by atoms with Gasteiger partial charge in [0.25, 0.3) is 0 Å². The maximum atomic E-state index is 2.45. The van der Waals surface area contributed by atoms with Crippen LogP contribution in [0, 0.1) is 10.8 Å². The maximum absolute atomic E-state index is 2.45. The van der Waals surface area contributed by atoms with Crippen molar-refractivity contribution in [2.45, 2.75) is 52.2 Å². The van der Waals surface area contributed by atoms with Gasteiger partial charge in [0.2, 0.25) is 0 Å². The van der Waals surface area contributed by atoms with Crippen molar-refractivity contribution in [1.29, 1.82) is 0 Å². The summed E-state index contributed by atoms with van der Waals surface area (Å²) in [6.07, 6.45) is 8.25. The summed E-state index contributed by atoms with van der Waals surface area (Å²) in [5.41, 5.74) is 6.48. The van der Waals surface area contributed by atoms with Crippen molar-refractivity contribution >= 4 is 3.81 Å². The molecular weight excluding hydrogens is 443 g/mol. The Labute approximate surface area is 201 Å². The monoisotopic (exact) mass is 474 g/mol. The third kappa shape index (κ3) is 4.49. The number of allylic oxidation sites excluding steroid dienone is 4. The Morgan fingerprint density at radius 3 is 1.63 bits per heavy atom. The van der Waals surface area contributed by atoms with Gasteiger partial charge in [-0.2, -0.15) is 0 Å². The zero-order valence-electron chi connectivity index (χ0n) is 18.9. The Kier molecular flexibility index (Phi) is 7.85. The molecule has 0 aromatic heterocycles. The first-order valence-electron chi connectivity index (χ1n) is 10.5. The van der Waals surface area contributed by atoms with Gasteiger partial charge in [0.05, 0.1) is 0 Å². The number of halogens is 2. The molecule has 0 amide bonds. The van der Waals surface area contributed by atoms with Crippen molar-refractivity contribution in [3.05, 3.63) is 81.8 Å². The average Bonchev–Trinajstić information content (AvgIpc) is 3.24. The van der Waals surface area contributed by atoms with Gasteiger partial charge in [-0.15, -0.1) is 0 Å². The van der Waals surface area contributed by atoms with E-state index in [2.05, 4.69) is 108 Å². The zero-order valence-corrected chi connectivity index (χ0v) is 22.0. The molecule has 0 heterocycles. The van der Waals surface area contributed by atoms with Gasteiger partial charge in [-0.25, -0.2) is 0 Å². The van der Waals surface area contributed by atoms with Gasteiger partial charge in [-0.1, -0.05) is 0 Å². The van der Waals surface area contributed by atoms with Gasteiger partial charge < -0.3 is 24.8 Å². The first-order chi connectivity index (χ1) is 13.2. The standard InChI is InChI=1S/C13H9.C9H18.C5H5.2ClH.Ti/c1-3-7-12-10(5-1)9-11-6-2-4-8-13(11)12;1-8(2,3)7-9(4,5)6;1-2-4-5-3-1;;;/h1-9H;1-6H3;1-3H,4H2;2*1H;/q;;;;;+2/p-2. The quantitative estimate of drug-likeness (QED) is 0.578. The Bertz CT molecular complexity index is 952. The first kappa shape index (κ1) is 25.3. The van der Waals surface area contributed by atoms with E-state index in [1.807, 2.05) is 3.81 Å². The normalized spacial score (nSPS) is 14.6. The third-order valence-corrected chi connectivity index (χ3v) is 12.7. The van der Waals surface area contributed by atoms with Gasteiger partial charge >= 0.3 is 177 Å². The molecule has 2 aromatic carbocycles. The van der Waals surface area contributed by atoms with Crippen molar-refractivity contribution in [1.82, 2.24) is 0 Å². The van der Waals surface area contributed by atoms with Crippen molar-refractivity contribution in [3.8, 4) is 11.1 Å². The van der Waals surface area contributed by atoms with Gasteiger partial charge in [-0.05, 0) is 0 Å². The van der Waals surface area contributed by atoms with Crippen LogP contribution in [0.1, 0.15) is 63.3 Å². The molecule has 2 aliphatic carbocycles. The van der Waals surface area contributed by atoms with Crippen molar-refractivity contribution in [2.75, 3.05) is 0 Å². The molecule has 0 saturated carbocycles. The van der Waals surface area contributed by atoms with Crippen LogP contribution in [0.15, 0.2) is 70.6 Å². The maximum Gasteiger partial charge on any atom is -1.00 e. The topological polar surface area (TPSA) is 0 Å². The average molecular weight is 475 g/mol. The van der Waals surface area contributed by atoms with Crippen molar-refractivity contribution < 1.29 is 42.2 Å². The SMILES string of the molecule is CC(C)(C)[C](=[Ti+2]([C]1=CC=CC1)[CH]1c2ccccc2-c2ccccc21)C(C)(C)C.[Cl-].[Cl-]. The van der Waals surface area contributed by atoms with E-state index < -0.39 is 17.4 Å². The Hall–Kier alpha value is -0.916. The molecule has 2 aromatic rings. The summed E-state index contributed by atoms with van der Waals surface area (Å²) in [6.45, 7) is 14.6. The molecule has 0 atom stereocenters. The van der Waals surface area contributed by atoms with E-state index in [-0.39, 0.29) is 35.6 Å². The minimum Gasteiger partial charge on any atom is -1.00 e. The van der Waals surface area contributed by atoms with Crippen LogP contribution in [-0.4, -0.2) is 3.81 Å². The predicted octanol–water partition coefficient (Wildman–Crippen LogP) is 1.49. The molecule has 2 aliphatic rings. The van der Waals surface area contributed by atoms with Crippen molar-refractivity contribution in [2.24, 2.45) is 10.8 Å². The molecule has 3 heteroatoms. The Balaban J connectivity index is 0.00000160. The molecule has 0 unspecified atom stereocenters. The summed E-state index contributed by atoms with van der Waals surface area (Å²) >= 11 is -1.84. The molecule has 0 aliphatic heterocycles. The molecule has 0 radical (unpaired) electrons. The second kappa shape index (κ2) is 9.29. The van der Waals surface area contributed by atoms with E-state index in [1.165, 1.54) is 11.1 Å². The van der Waals surface area contributed by atoms with Crippen LogP contribution in [0.25, 0.3) is 11.1 Å². The molecule has 4 rings (SSSR count). The predicted molar refractivity (Wildman–Crippen MR) is 119 cm³/mol. The van der Waals surface area contributed by atoms with E-state index in [9.17, 15) is 0 Å². The number of hydrogen-bond acceptors (Lipinski definition) is 0. The number of benzene rings is 2. The molecular formula is C27H32Cl2Ti. The van der Waals surface area contributed by atoms with Crippen LogP contribution < -0.4 is 24.8 Å². The number of fused-ring (bicyclic) bond motifs is 3. The van der Waals surface area contributed by atoms with Crippen LogP contribution >= 0.6 is 0 Å². The second-order valence-corrected chi connectivity index (χ2v) is 14.2. The minimum atomic E-state index is -1.84.